The van der Waals surface area contributed by atoms with Crippen LogP contribution in [0.4, 0.5) is 0 Å². The highest BCUT2D eigenvalue weighted by Gasteiger charge is 1.89. The van der Waals surface area contributed by atoms with E-state index in [1.165, 1.54) is 0 Å². The van der Waals surface area contributed by atoms with Gasteiger partial charge in [-0.2, -0.15) is 0 Å². The highest BCUT2D eigenvalue weighted by molar-refractivity contribution is 8.38. The van der Waals surface area contributed by atoms with Crippen LogP contribution in [0, 0.1) is 0 Å². The van der Waals surface area contributed by atoms with Crippen molar-refractivity contribution < 1.29 is 4.79 Å². The average molecular weight is 163 g/mol. The average Bonchev–Trinajstić information content (AvgIpc) is 1.91. The van der Waals surface area contributed by atoms with Crippen molar-refractivity contribution >= 4 is 34.2 Å². The SMILES string of the molecule is CSC(=NCC=O)SC. The van der Waals surface area contributed by atoms with Gasteiger partial charge in [0.2, 0.25) is 0 Å². The number of thioether (sulfide) groups is 2. The molecule has 0 amide bonds. The van der Waals surface area contributed by atoms with E-state index < -0.39 is 0 Å². The van der Waals surface area contributed by atoms with Crippen LogP contribution in [0.2, 0.25) is 0 Å². The number of rotatable bonds is 2. The first-order chi connectivity index (χ1) is 4.35. The predicted octanol–water partition coefficient (Wildman–Crippen LogP) is 1.27. The first-order valence-corrected chi connectivity index (χ1v) is 4.86. The van der Waals surface area contributed by atoms with Gasteiger partial charge in [0.25, 0.3) is 0 Å². The molecule has 0 rings (SSSR count). The molecule has 0 aromatic rings. The summed E-state index contributed by atoms with van der Waals surface area (Å²) in [5.41, 5.74) is 0. The van der Waals surface area contributed by atoms with Crippen LogP contribution in [0.3, 0.4) is 0 Å². The molecule has 0 aromatic heterocycles. The first-order valence-electron chi connectivity index (χ1n) is 2.41. The lowest BCUT2D eigenvalue weighted by Crippen LogP contribution is -1.86. The van der Waals surface area contributed by atoms with E-state index in [1.54, 1.807) is 23.5 Å². The van der Waals surface area contributed by atoms with E-state index in [9.17, 15) is 4.79 Å². The largest absolute Gasteiger partial charge is 0.301 e. The number of hydrogen-bond acceptors (Lipinski definition) is 4. The number of nitrogens with zero attached hydrogens (tertiary/aromatic N) is 1. The van der Waals surface area contributed by atoms with Crippen molar-refractivity contribution in [2.75, 3.05) is 19.1 Å². The molecule has 0 heterocycles. The monoisotopic (exact) mass is 163 g/mol. The Bertz CT molecular complexity index is 108. The van der Waals surface area contributed by atoms with E-state index in [2.05, 4.69) is 4.99 Å². The topological polar surface area (TPSA) is 29.4 Å². The Balaban J connectivity index is 3.60. The van der Waals surface area contributed by atoms with Gasteiger partial charge in [0, 0.05) is 0 Å². The third kappa shape index (κ3) is 4.54. The van der Waals surface area contributed by atoms with Crippen LogP contribution in [-0.2, 0) is 4.79 Å². The summed E-state index contributed by atoms with van der Waals surface area (Å²) in [5.74, 6) is 0. The third-order valence-corrected chi connectivity index (χ3v) is 2.60. The maximum atomic E-state index is 9.82. The van der Waals surface area contributed by atoms with Gasteiger partial charge in [0.15, 0.2) is 0 Å². The fraction of sp³-hybridized carbons (Fsp3) is 0.600. The van der Waals surface area contributed by atoms with E-state index in [4.69, 9.17) is 0 Å². The molecule has 0 saturated carbocycles. The normalized spacial score (nSPS) is 8.67. The van der Waals surface area contributed by atoms with E-state index in [0.29, 0.717) is 0 Å². The Hall–Kier alpha value is 0.0400. The minimum absolute atomic E-state index is 0.289. The molecule has 0 saturated heterocycles. The van der Waals surface area contributed by atoms with Crippen molar-refractivity contribution in [1.29, 1.82) is 0 Å². The lowest BCUT2D eigenvalue weighted by atomic mass is 10.8. The smallest absolute Gasteiger partial charge is 0.141 e. The van der Waals surface area contributed by atoms with Gasteiger partial charge < -0.3 is 4.79 Å². The molecule has 0 spiro atoms. The Labute approximate surface area is 63.5 Å². The van der Waals surface area contributed by atoms with E-state index in [1.807, 2.05) is 12.5 Å². The molecule has 0 aromatic carbocycles. The van der Waals surface area contributed by atoms with Crippen LogP contribution < -0.4 is 0 Å². The Morgan fingerprint density at radius 2 is 2.11 bits per heavy atom. The summed E-state index contributed by atoms with van der Waals surface area (Å²) in [6, 6.07) is 0. The molecule has 4 heteroatoms. The Morgan fingerprint density at radius 1 is 1.56 bits per heavy atom. The summed E-state index contributed by atoms with van der Waals surface area (Å²) < 4.78 is 0.960. The van der Waals surface area contributed by atoms with Crippen LogP contribution in [0.1, 0.15) is 0 Å². The molecule has 9 heavy (non-hydrogen) atoms. The lowest BCUT2D eigenvalue weighted by Gasteiger charge is -1.93. The molecule has 0 bridgehead atoms. The number of hydrogen-bond donors (Lipinski definition) is 0. The van der Waals surface area contributed by atoms with Gasteiger partial charge in [-0.25, -0.2) is 0 Å². The predicted molar refractivity (Wildman–Crippen MR) is 45.4 cm³/mol. The third-order valence-electron chi connectivity index (χ3n) is 0.644. The zero-order valence-electron chi connectivity index (χ0n) is 5.46. The maximum Gasteiger partial charge on any atom is 0.141 e. The summed E-state index contributed by atoms with van der Waals surface area (Å²) in [4.78, 5) is 13.8. The minimum Gasteiger partial charge on any atom is -0.301 e. The number of carbonyl (C=O) groups excluding carboxylic acids is 1. The van der Waals surface area contributed by atoms with Crippen molar-refractivity contribution in [3.05, 3.63) is 0 Å². The van der Waals surface area contributed by atoms with Crippen LogP contribution in [0.5, 0.6) is 0 Å². The molecular formula is C5H9NOS2. The van der Waals surface area contributed by atoms with Crippen molar-refractivity contribution in [3.63, 3.8) is 0 Å². The molecule has 0 N–H and O–H groups in total. The standard InChI is InChI=1S/C5H9NOS2/c1-8-5(9-2)6-3-4-7/h4H,3H2,1-2H3. The second-order valence-electron chi connectivity index (χ2n) is 1.18. The molecule has 2 nitrogen and oxygen atoms in total. The second-order valence-corrected chi connectivity index (χ2v) is 3.03. The van der Waals surface area contributed by atoms with Crippen molar-refractivity contribution in [2.24, 2.45) is 4.99 Å². The van der Waals surface area contributed by atoms with Crippen molar-refractivity contribution in [1.82, 2.24) is 0 Å². The van der Waals surface area contributed by atoms with Crippen LogP contribution in [0.25, 0.3) is 0 Å². The molecule has 0 aliphatic carbocycles. The van der Waals surface area contributed by atoms with E-state index in [0.717, 1.165) is 10.7 Å². The van der Waals surface area contributed by atoms with E-state index >= 15 is 0 Å². The summed E-state index contributed by atoms with van der Waals surface area (Å²) in [7, 11) is 0. The van der Waals surface area contributed by atoms with E-state index in [-0.39, 0.29) is 6.54 Å². The zero-order chi connectivity index (χ0) is 7.11. The minimum atomic E-state index is 0.289. The lowest BCUT2D eigenvalue weighted by molar-refractivity contribution is -0.106. The second kappa shape index (κ2) is 6.16. The van der Waals surface area contributed by atoms with Gasteiger partial charge >= 0.3 is 0 Å². The summed E-state index contributed by atoms with van der Waals surface area (Å²) in [6.07, 6.45) is 4.69. The molecule has 0 radical (unpaired) electrons. The fourth-order valence-electron chi connectivity index (χ4n) is 0.324. The maximum absolute atomic E-state index is 9.82. The van der Waals surface area contributed by atoms with Gasteiger partial charge in [-0.3, -0.25) is 4.99 Å². The van der Waals surface area contributed by atoms with Crippen molar-refractivity contribution in [2.45, 2.75) is 0 Å². The highest BCUT2D eigenvalue weighted by Crippen LogP contribution is 2.09. The molecule has 0 fully saturated rings. The molecule has 0 atom stereocenters. The van der Waals surface area contributed by atoms with Crippen molar-refractivity contribution in [3.8, 4) is 0 Å². The molecule has 0 unspecified atom stereocenters. The fourth-order valence-corrected chi connectivity index (χ4v) is 1.40. The quantitative estimate of drug-likeness (QED) is 0.349. The Kier molecular flexibility index (Phi) is 6.19. The van der Waals surface area contributed by atoms with Crippen LogP contribution in [-0.4, -0.2) is 29.7 Å². The van der Waals surface area contributed by atoms with Gasteiger partial charge in [0.05, 0.1) is 6.54 Å². The number of carbonyl (C=O) groups is 1. The first kappa shape index (κ1) is 9.04. The molecule has 0 aliphatic rings. The van der Waals surface area contributed by atoms with Gasteiger partial charge in [-0.15, -0.1) is 23.5 Å². The van der Waals surface area contributed by atoms with Crippen LogP contribution >= 0.6 is 23.5 Å². The number of aldehydes is 1. The summed E-state index contributed by atoms with van der Waals surface area (Å²) in [6.45, 7) is 0.289. The summed E-state index contributed by atoms with van der Waals surface area (Å²) in [5, 5.41) is 0. The molecule has 52 valence electrons. The van der Waals surface area contributed by atoms with Gasteiger partial charge in [-0.1, -0.05) is 0 Å². The molecule has 0 aliphatic heterocycles. The van der Waals surface area contributed by atoms with Gasteiger partial charge in [0.1, 0.15) is 10.7 Å². The van der Waals surface area contributed by atoms with Crippen LogP contribution in [0.15, 0.2) is 4.99 Å². The van der Waals surface area contributed by atoms with Gasteiger partial charge in [-0.05, 0) is 12.5 Å². The Morgan fingerprint density at radius 3 is 2.44 bits per heavy atom. The summed E-state index contributed by atoms with van der Waals surface area (Å²) >= 11 is 3.13. The highest BCUT2D eigenvalue weighted by atomic mass is 32.2. The number of aliphatic imine (C=N–C) groups is 1. The zero-order valence-corrected chi connectivity index (χ0v) is 7.09. The molecular weight excluding hydrogens is 154 g/mol.